The number of nitrogens with zero attached hydrogens (tertiary/aromatic N) is 3. The molecule has 1 saturated heterocycles. The van der Waals surface area contributed by atoms with E-state index in [1.165, 1.54) is 18.6 Å². The van der Waals surface area contributed by atoms with Crippen molar-refractivity contribution in [3.63, 3.8) is 0 Å². The van der Waals surface area contributed by atoms with Crippen molar-refractivity contribution in [1.29, 1.82) is 0 Å². The number of piperidine rings is 1. The number of carbonyl (C=O) groups is 1. The fourth-order valence-corrected chi connectivity index (χ4v) is 4.30. The van der Waals surface area contributed by atoms with Crippen molar-refractivity contribution in [3.8, 4) is 0 Å². The van der Waals surface area contributed by atoms with Gasteiger partial charge < -0.3 is 0 Å². The summed E-state index contributed by atoms with van der Waals surface area (Å²) in [7, 11) is 0. The first-order valence-corrected chi connectivity index (χ1v) is 10.5. The number of benzene rings is 2. The van der Waals surface area contributed by atoms with Gasteiger partial charge in [0, 0.05) is 12.0 Å². The molecule has 29 heavy (non-hydrogen) atoms. The average molecular weight is 394 g/mol. The summed E-state index contributed by atoms with van der Waals surface area (Å²) in [6.07, 6.45) is 4.10. The van der Waals surface area contributed by atoms with E-state index in [0.29, 0.717) is 13.0 Å². The summed E-state index contributed by atoms with van der Waals surface area (Å²) >= 11 is 0. The Kier molecular flexibility index (Phi) is 5.76. The summed E-state index contributed by atoms with van der Waals surface area (Å²) in [5, 5.41) is 6.36. The number of hydrogen-bond acceptors (Lipinski definition) is 3. The minimum absolute atomic E-state index is 0.0125. The predicted molar refractivity (Wildman–Crippen MR) is 113 cm³/mol. The highest BCUT2D eigenvalue weighted by molar-refractivity contribution is 6.04. The normalized spacial score (nSPS) is 20.0. The number of carbonyl (C=O) groups excluding carboxylic acids is 1. The van der Waals surface area contributed by atoms with Crippen molar-refractivity contribution in [2.45, 2.75) is 45.6 Å². The molecule has 2 aromatic carbocycles. The lowest BCUT2D eigenvalue weighted by molar-refractivity contribution is -0.134. The lowest BCUT2D eigenvalue weighted by atomic mass is 9.95. The number of likely N-dealkylation sites (tertiary alicyclic amines) is 1. The van der Waals surface area contributed by atoms with Crippen LogP contribution in [0.1, 0.15) is 54.0 Å². The maximum absolute atomic E-state index is 13.9. The predicted octanol–water partition coefficient (Wildman–Crippen LogP) is 4.61. The number of halogens is 1. The van der Waals surface area contributed by atoms with E-state index in [1.807, 2.05) is 6.07 Å². The second-order valence-electron chi connectivity index (χ2n) is 8.22. The quantitative estimate of drug-likeness (QED) is 0.761. The van der Waals surface area contributed by atoms with Crippen molar-refractivity contribution in [3.05, 3.63) is 70.5 Å². The molecule has 1 unspecified atom stereocenters. The van der Waals surface area contributed by atoms with Crippen LogP contribution in [-0.2, 0) is 4.79 Å². The molecule has 2 heterocycles. The molecule has 0 saturated carbocycles. The highest BCUT2D eigenvalue weighted by atomic mass is 19.1. The second-order valence-corrected chi connectivity index (χ2v) is 8.22. The van der Waals surface area contributed by atoms with Gasteiger partial charge >= 0.3 is 0 Å². The number of hydrogen-bond donors (Lipinski definition) is 0. The molecule has 152 valence electrons. The Morgan fingerprint density at radius 3 is 2.66 bits per heavy atom. The number of rotatable bonds is 4. The van der Waals surface area contributed by atoms with E-state index in [-0.39, 0.29) is 17.8 Å². The van der Waals surface area contributed by atoms with Crippen LogP contribution < -0.4 is 0 Å². The smallest absolute Gasteiger partial charge is 0.257 e. The van der Waals surface area contributed by atoms with Crippen molar-refractivity contribution in [2.75, 3.05) is 19.6 Å². The van der Waals surface area contributed by atoms with Crippen LogP contribution in [0.15, 0.2) is 47.6 Å². The van der Waals surface area contributed by atoms with Crippen molar-refractivity contribution in [2.24, 2.45) is 5.10 Å². The molecule has 0 N–H and O–H groups in total. The molecule has 0 radical (unpaired) electrons. The molecule has 0 aromatic heterocycles. The molecule has 1 atom stereocenters. The van der Waals surface area contributed by atoms with Gasteiger partial charge in [-0.05, 0) is 69.1 Å². The lowest BCUT2D eigenvalue weighted by Gasteiger charge is -2.29. The molecule has 2 aliphatic rings. The van der Waals surface area contributed by atoms with Crippen molar-refractivity contribution < 1.29 is 9.18 Å². The monoisotopic (exact) mass is 393 g/mol. The van der Waals surface area contributed by atoms with Gasteiger partial charge in [-0.1, -0.05) is 36.2 Å². The number of aryl methyl sites for hydroxylation is 2. The van der Waals surface area contributed by atoms with Gasteiger partial charge in [-0.2, -0.15) is 5.10 Å². The van der Waals surface area contributed by atoms with Crippen LogP contribution in [0, 0.1) is 19.7 Å². The minimum Gasteiger partial charge on any atom is -0.294 e. The summed E-state index contributed by atoms with van der Waals surface area (Å²) in [6, 6.07) is 12.6. The topological polar surface area (TPSA) is 35.9 Å². The van der Waals surface area contributed by atoms with Gasteiger partial charge in [0.2, 0.25) is 0 Å². The molecule has 4 nitrogen and oxygen atoms in total. The van der Waals surface area contributed by atoms with E-state index < -0.39 is 0 Å². The Balaban J connectivity index is 1.65. The summed E-state index contributed by atoms with van der Waals surface area (Å²) in [5.41, 5.74) is 5.06. The third-order valence-corrected chi connectivity index (χ3v) is 5.91. The molecule has 1 fully saturated rings. The van der Waals surface area contributed by atoms with E-state index in [9.17, 15) is 9.18 Å². The number of hydrazone groups is 1. The number of amides is 1. The van der Waals surface area contributed by atoms with Gasteiger partial charge in [-0.3, -0.25) is 9.69 Å². The fourth-order valence-electron chi connectivity index (χ4n) is 4.30. The van der Waals surface area contributed by atoms with Gasteiger partial charge in [0.1, 0.15) is 5.82 Å². The standard InChI is InChI=1S/C24H28FN3O/c1-17-9-10-18(2)21(13-17)22-15-23(19-7-6-8-20(25)14-19)28(26-22)24(29)16-27-11-4-3-5-12-27/h6-10,13-14,23H,3-5,11-12,15-16H2,1-2H3. The molecule has 0 bridgehead atoms. The van der Waals surface area contributed by atoms with Crippen LogP contribution in [0.4, 0.5) is 4.39 Å². The Morgan fingerprint density at radius 2 is 1.90 bits per heavy atom. The van der Waals surface area contributed by atoms with E-state index in [0.717, 1.165) is 53.9 Å². The maximum Gasteiger partial charge on any atom is 0.257 e. The van der Waals surface area contributed by atoms with Gasteiger partial charge in [-0.25, -0.2) is 9.40 Å². The summed E-state index contributed by atoms with van der Waals surface area (Å²) in [6.45, 7) is 6.40. The van der Waals surface area contributed by atoms with Gasteiger partial charge in [-0.15, -0.1) is 0 Å². The first kappa shape index (κ1) is 19.8. The molecule has 2 aromatic rings. The highest BCUT2D eigenvalue weighted by Crippen LogP contribution is 2.34. The van der Waals surface area contributed by atoms with E-state index in [4.69, 9.17) is 5.10 Å². The van der Waals surface area contributed by atoms with Gasteiger partial charge in [0.05, 0.1) is 18.3 Å². The van der Waals surface area contributed by atoms with Gasteiger partial charge in [0.25, 0.3) is 5.91 Å². The van der Waals surface area contributed by atoms with Crippen LogP contribution >= 0.6 is 0 Å². The molecule has 4 rings (SSSR count). The summed E-state index contributed by atoms with van der Waals surface area (Å²) in [4.78, 5) is 15.4. The van der Waals surface area contributed by atoms with Crippen LogP contribution in [0.2, 0.25) is 0 Å². The van der Waals surface area contributed by atoms with Crippen molar-refractivity contribution >= 4 is 11.6 Å². The zero-order valence-electron chi connectivity index (χ0n) is 17.2. The van der Waals surface area contributed by atoms with Crippen molar-refractivity contribution in [1.82, 2.24) is 9.91 Å². The maximum atomic E-state index is 13.9. The van der Waals surface area contributed by atoms with Crippen LogP contribution in [0.3, 0.4) is 0 Å². The Bertz CT molecular complexity index is 933. The van der Waals surface area contributed by atoms with E-state index >= 15 is 0 Å². The summed E-state index contributed by atoms with van der Waals surface area (Å²) in [5.74, 6) is -0.299. The lowest BCUT2D eigenvalue weighted by Crippen LogP contribution is -2.40. The molecule has 1 amide bonds. The molecular weight excluding hydrogens is 365 g/mol. The Hall–Kier alpha value is -2.53. The fraction of sp³-hybridized carbons (Fsp3) is 0.417. The highest BCUT2D eigenvalue weighted by Gasteiger charge is 2.34. The average Bonchev–Trinajstić information content (AvgIpc) is 3.16. The van der Waals surface area contributed by atoms with Gasteiger partial charge in [0.15, 0.2) is 0 Å². The van der Waals surface area contributed by atoms with E-state index in [1.54, 1.807) is 11.1 Å². The molecular formula is C24H28FN3O. The Labute approximate surface area is 172 Å². The first-order valence-electron chi connectivity index (χ1n) is 10.5. The van der Waals surface area contributed by atoms with Crippen LogP contribution in [-0.4, -0.2) is 41.2 Å². The van der Waals surface area contributed by atoms with Crippen LogP contribution in [0.25, 0.3) is 0 Å². The zero-order chi connectivity index (χ0) is 20.4. The second kappa shape index (κ2) is 8.46. The third-order valence-electron chi connectivity index (χ3n) is 5.91. The zero-order valence-corrected chi connectivity index (χ0v) is 17.2. The minimum atomic E-state index is -0.286. The third kappa shape index (κ3) is 4.40. The SMILES string of the molecule is Cc1ccc(C)c(C2=NN(C(=O)CN3CCCCC3)C(c3cccc(F)c3)C2)c1. The Morgan fingerprint density at radius 1 is 1.10 bits per heavy atom. The largest absolute Gasteiger partial charge is 0.294 e. The molecule has 0 spiro atoms. The molecule has 0 aliphatic carbocycles. The molecule has 2 aliphatic heterocycles. The summed E-state index contributed by atoms with van der Waals surface area (Å²) < 4.78 is 13.9. The van der Waals surface area contributed by atoms with Crippen LogP contribution in [0.5, 0.6) is 0 Å². The first-order chi connectivity index (χ1) is 14.0. The van der Waals surface area contributed by atoms with E-state index in [2.05, 4.69) is 36.9 Å². The molecule has 5 heteroatoms.